The summed E-state index contributed by atoms with van der Waals surface area (Å²) in [6.07, 6.45) is 6.93. The third-order valence-corrected chi connectivity index (χ3v) is 3.81. The summed E-state index contributed by atoms with van der Waals surface area (Å²) in [5.74, 6) is 2.57. The Balaban J connectivity index is 1.90. The molecule has 1 aliphatic rings. The molecule has 6 heteroatoms. The van der Waals surface area contributed by atoms with Gasteiger partial charge in [0.2, 0.25) is 0 Å². The van der Waals surface area contributed by atoms with Gasteiger partial charge < -0.3 is 10.7 Å². The van der Waals surface area contributed by atoms with Crippen molar-refractivity contribution in [3.8, 4) is 11.5 Å². The van der Waals surface area contributed by atoms with Crippen molar-refractivity contribution in [3.63, 3.8) is 0 Å². The van der Waals surface area contributed by atoms with Gasteiger partial charge in [-0.3, -0.25) is 0 Å². The fourth-order valence-electron chi connectivity index (χ4n) is 2.48. The number of nitrogens with one attached hydrogen (secondary N) is 1. The van der Waals surface area contributed by atoms with Crippen LogP contribution in [0.1, 0.15) is 44.3 Å². The normalized spacial score (nSPS) is 17.4. The Morgan fingerprint density at radius 1 is 1.47 bits per heavy atom. The summed E-state index contributed by atoms with van der Waals surface area (Å²) >= 11 is 0. The summed E-state index contributed by atoms with van der Waals surface area (Å²) in [6.45, 7) is 2.12. The molecule has 0 atom stereocenters. The number of aryl methyl sites for hydroxylation is 2. The van der Waals surface area contributed by atoms with E-state index in [1.165, 1.54) is 6.42 Å². The molecule has 0 amide bonds. The highest BCUT2D eigenvalue weighted by atomic mass is 15.3. The van der Waals surface area contributed by atoms with Gasteiger partial charge in [-0.15, -0.1) is 0 Å². The fraction of sp³-hybridized carbons (Fsp3) is 0.615. The molecular formula is C13H20N6. The molecule has 0 radical (unpaired) electrons. The predicted octanol–water partition coefficient (Wildman–Crippen LogP) is 1.50. The van der Waals surface area contributed by atoms with Gasteiger partial charge in [0.25, 0.3) is 0 Å². The van der Waals surface area contributed by atoms with E-state index >= 15 is 0 Å². The first kappa shape index (κ1) is 12.3. The third kappa shape index (κ3) is 2.06. The average Bonchev–Trinajstić information content (AvgIpc) is 2.93. The summed E-state index contributed by atoms with van der Waals surface area (Å²) < 4.78 is 1.80. The van der Waals surface area contributed by atoms with Gasteiger partial charge >= 0.3 is 0 Å². The quantitative estimate of drug-likeness (QED) is 0.872. The molecule has 3 rings (SSSR count). The highest BCUT2D eigenvalue weighted by Gasteiger charge is 2.37. The van der Waals surface area contributed by atoms with E-state index in [0.29, 0.717) is 0 Å². The van der Waals surface area contributed by atoms with Gasteiger partial charge in [0.1, 0.15) is 11.5 Å². The highest BCUT2D eigenvalue weighted by molar-refractivity contribution is 5.48. The van der Waals surface area contributed by atoms with Gasteiger partial charge in [-0.05, 0) is 25.7 Å². The largest absolute Gasteiger partial charge is 0.338 e. The molecular weight excluding hydrogens is 240 g/mol. The zero-order valence-electron chi connectivity index (χ0n) is 11.5. The van der Waals surface area contributed by atoms with Crippen LogP contribution in [0.3, 0.4) is 0 Å². The lowest BCUT2D eigenvalue weighted by molar-refractivity contribution is 0.240. The van der Waals surface area contributed by atoms with Crippen molar-refractivity contribution in [1.29, 1.82) is 0 Å². The van der Waals surface area contributed by atoms with E-state index in [1.807, 2.05) is 13.2 Å². The number of hydrogen-bond acceptors (Lipinski definition) is 4. The summed E-state index contributed by atoms with van der Waals surface area (Å²) in [5, 5.41) is 4.41. The van der Waals surface area contributed by atoms with E-state index in [4.69, 9.17) is 5.73 Å². The number of rotatable bonds is 4. The van der Waals surface area contributed by atoms with Gasteiger partial charge in [-0.25, -0.2) is 14.6 Å². The zero-order valence-corrected chi connectivity index (χ0v) is 11.5. The molecule has 1 fully saturated rings. The van der Waals surface area contributed by atoms with Gasteiger partial charge in [0.05, 0.1) is 11.7 Å². The van der Waals surface area contributed by atoms with Crippen LogP contribution in [0.15, 0.2) is 6.20 Å². The van der Waals surface area contributed by atoms with Crippen molar-refractivity contribution < 1.29 is 0 Å². The summed E-state index contributed by atoms with van der Waals surface area (Å²) in [7, 11) is 1.91. The summed E-state index contributed by atoms with van der Waals surface area (Å²) in [4.78, 5) is 12.3. The van der Waals surface area contributed by atoms with Crippen LogP contribution in [0.25, 0.3) is 11.5 Å². The van der Waals surface area contributed by atoms with Crippen LogP contribution < -0.4 is 5.73 Å². The molecule has 0 aromatic carbocycles. The molecule has 2 aromatic rings. The predicted molar refractivity (Wildman–Crippen MR) is 72.3 cm³/mol. The second-order valence-corrected chi connectivity index (χ2v) is 5.38. The van der Waals surface area contributed by atoms with Crippen molar-refractivity contribution >= 4 is 0 Å². The summed E-state index contributed by atoms with van der Waals surface area (Å²) in [6, 6.07) is 0. The number of nitrogens with zero attached hydrogens (tertiary/aromatic N) is 4. The van der Waals surface area contributed by atoms with E-state index in [9.17, 15) is 0 Å². The maximum absolute atomic E-state index is 6.27. The van der Waals surface area contributed by atoms with Gasteiger partial charge in [0.15, 0.2) is 11.6 Å². The first-order valence-corrected chi connectivity index (χ1v) is 6.87. The van der Waals surface area contributed by atoms with Gasteiger partial charge in [-0.1, -0.05) is 6.92 Å². The third-order valence-electron chi connectivity index (χ3n) is 3.81. The monoisotopic (exact) mass is 260 g/mol. The van der Waals surface area contributed by atoms with Crippen LogP contribution in [0.5, 0.6) is 0 Å². The Bertz CT molecular complexity index is 578. The van der Waals surface area contributed by atoms with E-state index < -0.39 is 0 Å². The minimum absolute atomic E-state index is 0.261. The van der Waals surface area contributed by atoms with Crippen LogP contribution in [0.2, 0.25) is 0 Å². The minimum Gasteiger partial charge on any atom is -0.338 e. The van der Waals surface area contributed by atoms with Gasteiger partial charge in [-0.2, -0.15) is 5.10 Å². The van der Waals surface area contributed by atoms with E-state index in [1.54, 1.807) is 4.68 Å². The maximum atomic E-state index is 6.27. The smallest absolute Gasteiger partial charge is 0.176 e. The molecule has 0 saturated heterocycles. The molecule has 0 unspecified atom stereocenters. The molecule has 1 aliphatic carbocycles. The molecule has 0 aliphatic heterocycles. The maximum Gasteiger partial charge on any atom is 0.176 e. The second kappa shape index (κ2) is 4.45. The molecule has 3 N–H and O–H groups in total. The molecule has 0 spiro atoms. The minimum atomic E-state index is -0.261. The molecule has 6 nitrogen and oxygen atoms in total. The van der Waals surface area contributed by atoms with Crippen LogP contribution in [-0.4, -0.2) is 24.7 Å². The van der Waals surface area contributed by atoms with Crippen LogP contribution >= 0.6 is 0 Å². The van der Waals surface area contributed by atoms with Crippen molar-refractivity contribution in [2.45, 2.75) is 44.6 Å². The Hall–Kier alpha value is -1.69. The Kier molecular flexibility index (Phi) is 2.89. The van der Waals surface area contributed by atoms with E-state index in [0.717, 1.165) is 48.9 Å². The van der Waals surface area contributed by atoms with E-state index in [-0.39, 0.29) is 5.54 Å². The highest BCUT2D eigenvalue weighted by Crippen LogP contribution is 2.37. The Morgan fingerprint density at radius 2 is 2.26 bits per heavy atom. The van der Waals surface area contributed by atoms with E-state index in [2.05, 4.69) is 27.0 Å². The van der Waals surface area contributed by atoms with Crippen molar-refractivity contribution in [3.05, 3.63) is 17.8 Å². The van der Waals surface area contributed by atoms with Crippen LogP contribution in [-0.2, 0) is 19.0 Å². The second-order valence-electron chi connectivity index (χ2n) is 5.38. The standard InChI is InChI=1S/C13H20N6/c1-3-5-10-17-11(19(2)18-10)9-8-15-12(16-9)13(14)6-4-7-13/h8H,3-7,14H2,1-2H3,(H,15,16). The summed E-state index contributed by atoms with van der Waals surface area (Å²) in [5.41, 5.74) is 6.90. The van der Waals surface area contributed by atoms with Crippen molar-refractivity contribution in [2.75, 3.05) is 0 Å². The lowest BCUT2D eigenvalue weighted by atomic mass is 9.77. The van der Waals surface area contributed by atoms with Crippen LogP contribution in [0, 0.1) is 0 Å². The average molecular weight is 260 g/mol. The number of H-pyrrole nitrogens is 1. The Labute approximate surface area is 112 Å². The first-order chi connectivity index (χ1) is 9.12. The molecule has 102 valence electrons. The molecule has 2 aromatic heterocycles. The Morgan fingerprint density at radius 3 is 2.89 bits per heavy atom. The lowest BCUT2D eigenvalue weighted by Crippen LogP contribution is -2.44. The number of imidazole rings is 1. The lowest BCUT2D eigenvalue weighted by Gasteiger charge is -2.35. The zero-order chi connectivity index (χ0) is 13.5. The number of nitrogens with two attached hydrogens (primary N) is 1. The van der Waals surface area contributed by atoms with Crippen molar-refractivity contribution in [2.24, 2.45) is 12.8 Å². The topological polar surface area (TPSA) is 85.4 Å². The molecule has 2 heterocycles. The van der Waals surface area contributed by atoms with Gasteiger partial charge in [0, 0.05) is 13.5 Å². The SMILES string of the molecule is CCCc1nc(-c2cnc(C3(N)CCC3)[nH]2)n(C)n1. The molecule has 1 saturated carbocycles. The molecule has 0 bridgehead atoms. The number of aromatic amines is 1. The first-order valence-electron chi connectivity index (χ1n) is 6.87. The van der Waals surface area contributed by atoms with Crippen LogP contribution in [0.4, 0.5) is 0 Å². The van der Waals surface area contributed by atoms with Crippen molar-refractivity contribution in [1.82, 2.24) is 24.7 Å². The molecule has 19 heavy (non-hydrogen) atoms. The fourth-order valence-corrected chi connectivity index (χ4v) is 2.48. The number of aromatic nitrogens is 5. The number of hydrogen-bond donors (Lipinski definition) is 2.